The van der Waals surface area contributed by atoms with Gasteiger partial charge in [-0.3, -0.25) is 0 Å². The largest absolute Gasteiger partial charge is 0.374 e. The molecule has 0 saturated carbocycles. The minimum atomic E-state index is 0.222. The van der Waals surface area contributed by atoms with Gasteiger partial charge in [0.15, 0.2) is 0 Å². The van der Waals surface area contributed by atoms with E-state index < -0.39 is 0 Å². The van der Waals surface area contributed by atoms with Gasteiger partial charge < -0.3 is 15.0 Å². The summed E-state index contributed by atoms with van der Waals surface area (Å²) < 4.78 is 6.15. The van der Waals surface area contributed by atoms with Crippen LogP contribution in [0.3, 0.4) is 0 Å². The lowest BCUT2D eigenvalue weighted by molar-refractivity contribution is -0.0856. The maximum absolute atomic E-state index is 6.15. The minimum absolute atomic E-state index is 0.222. The number of thioether (sulfide) groups is 1. The van der Waals surface area contributed by atoms with Crippen LogP contribution in [0, 0.1) is 5.92 Å². The second-order valence-corrected chi connectivity index (χ2v) is 7.45. The lowest BCUT2D eigenvalue weighted by atomic mass is 9.80. The highest BCUT2D eigenvalue weighted by Crippen LogP contribution is 2.41. The average molecular weight is 286 g/mol. The third-order valence-electron chi connectivity index (χ3n) is 4.52. The van der Waals surface area contributed by atoms with Crippen molar-refractivity contribution < 1.29 is 4.74 Å². The van der Waals surface area contributed by atoms with Crippen LogP contribution in [0.15, 0.2) is 0 Å². The maximum Gasteiger partial charge on any atom is 0.0783 e. The number of hydrogen-bond acceptors (Lipinski definition) is 4. The molecule has 2 saturated heterocycles. The normalized spacial score (nSPS) is 33.2. The number of nitrogens with zero attached hydrogens (tertiary/aromatic N) is 1. The van der Waals surface area contributed by atoms with Crippen molar-refractivity contribution in [3.05, 3.63) is 0 Å². The second kappa shape index (κ2) is 7.30. The average Bonchev–Trinajstić information content (AvgIpc) is 2.82. The molecule has 0 bridgehead atoms. The van der Waals surface area contributed by atoms with Gasteiger partial charge in [-0.15, -0.1) is 0 Å². The predicted octanol–water partition coefficient (Wildman–Crippen LogP) is 2.22. The lowest BCUT2D eigenvalue weighted by Crippen LogP contribution is -2.47. The van der Waals surface area contributed by atoms with Crippen LogP contribution in [-0.2, 0) is 4.74 Å². The third-order valence-corrected chi connectivity index (χ3v) is 5.74. The highest BCUT2D eigenvalue weighted by molar-refractivity contribution is 7.99. The van der Waals surface area contributed by atoms with Gasteiger partial charge in [-0.1, -0.05) is 6.92 Å². The Kier molecular flexibility index (Phi) is 6.00. The van der Waals surface area contributed by atoms with E-state index in [9.17, 15) is 0 Å². The monoisotopic (exact) mass is 286 g/mol. The maximum atomic E-state index is 6.15. The third kappa shape index (κ3) is 4.35. The molecule has 1 spiro atoms. The van der Waals surface area contributed by atoms with Gasteiger partial charge in [0, 0.05) is 18.4 Å². The Morgan fingerprint density at radius 1 is 1.47 bits per heavy atom. The first-order valence-electron chi connectivity index (χ1n) is 7.75. The van der Waals surface area contributed by atoms with Gasteiger partial charge in [0.2, 0.25) is 0 Å². The standard InChI is InChI=1S/C15H30N2OS/c1-4-16-14(5-8-17(2)3)13-6-9-18-15(11-13)7-10-19-12-15/h13-14,16H,4-12H2,1-3H3. The molecule has 2 rings (SSSR count). The molecule has 3 nitrogen and oxygen atoms in total. The Hall–Kier alpha value is 0.230. The zero-order valence-electron chi connectivity index (χ0n) is 12.8. The summed E-state index contributed by atoms with van der Waals surface area (Å²) in [4.78, 5) is 2.30. The molecule has 0 aromatic rings. The summed E-state index contributed by atoms with van der Waals surface area (Å²) in [6.45, 7) is 5.45. The summed E-state index contributed by atoms with van der Waals surface area (Å²) in [6, 6.07) is 0.666. The molecule has 1 N–H and O–H groups in total. The molecule has 0 aliphatic carbocycles. The topological polar surface area (TPSA) is 24.5 Å². The van der Waals surface area contributed by atoms with Crippen molar-refractivity contribution >= 4 is 11.8 Å². The van der Waals surface area contributed by atoms with Gasteiger partial charge in [0.05, 0.1) is 5.60 Å². The molecule has 112 valence electrons. The van der Waals surface area contributed by atoms with Gasteiger partial charge in [-0.25, -0.2) is 0 Å². The molecule has 2 aliphatic rings. The molecule has 0 aromatic carbocycles. The molecular weight excluding hydrogens is 256 g/mol. The summed E-state index contributed by atoms with van der Waals surface area (Å²) in [5.74, 6) is 3.30. The molecule has 0 aromatic heterocycles. The highest BCUT2D eigenvalue weighted by atomic mass is 32.2. The van der Waals surface area contributed by atoms with Gasteiger partial charge in [-0.2, -0.15) is 11.8 Å². The second-order valence-electron chi connectivity index (χ2n) is 6.34. The molecule has 3 unspecified atom stereocenters. The summed E-state index contributed by atoms with van der Waals surface area (Å²) in [7, 11) is 4.34. The molecule has 0 amide bonds. The van der Waals surface area contributed by atoms with Crippen LogP contribution in [0.4, 0.5) is 0 Å². The Morgan fingerprint density at radius 3 is 2.95 bits per heavy atom. The Labute approximate surface area is 122 Å². The Balaban J connectivity index is 1.91. The smallest absolute Gasteiger partial charge is 0.0783 e. The zero-order valence-corrected chi connectivity index (χ0v) is 13.6. The Bertz CT molecular complexity index is 267. The van der Waals surface area contributed by atoms with Crippen LogP contribution in [0.5, 0.6) is 0 Å². The number of ether oxygens (including phenoxy) is 1. The van der Waals surface area contributed by atoms with E-state index in [2.05, 4.69) is 43.0 Å². The van der Waals surface area contributed by atoms with Crippen molar-refractivity contribution in [1.82, 2.24) is 10.2 Å². The fourth-order valence-electron chi connectivity index (χ4n) is 3.44. The van der Waals surface area contributed by atoms with Gasteiger partial charge in [0.1, 0.15) is 0 Å². The molecule has 2 aliphatic heterocycles. The van der Waals surface area contributed by atoms with Crippen molar-refractivity contribution in [3.63, 3.8) is 0 Å². The van der Waals surface area contributed by atoms with Crippen LogP contribution >= 0.6 is 11.8 Å². The van der Waals surface area contributed by atoms with Crippen LogP contribution < -0.4 is 5.32 Å². The summed E-state index contributed by atoms with van der Waals surface area (Å²) in [6.07, 6.45) is 5.03. The number of rotatable bonds is 6. The Morgan fingerprint density at radius 2 is 2.32 bits per heavy atom. The molecule has 0 radical (unpaired) electrons. The quantitative estimate of drug-likeness (QED) is 0.809. The van der Waals surface area contributed by atoms with E-state index in [0.29, 0.717) is 6.04 Å². The van der Waals surface area contributed by atoms with Crippen molar-refractivity contribution in [3.8, 4) is 0 Å². The zero-order chi connectivity index (χ0) is 13.7. The first-order valence-corrected chi connectivity index (χ1v) is 8.90. The van der Waals surface area contributed by atoms with Gasteiger partial charge >= 0.3 is 0 Å². The number of hydrogen-bond donors (Lipinski definition) is 1. The van der Waals surface area contributed by atoms with Crippen LogP contribution in [-0.4, -0.2) is 61.8 Å². The minimum Gasteiger partial charge on any atom is -0.374 e. The number of nitrogens with one attached hydrogen (secondary N) is 1. The molecule has 3 atom stereocenters. The van der Waals surface area contributed by atoms with Crippen LogP contribution in [0.2, 0.25) is 0 Å². The van der Waals surface area contributed by atoms with Crippen LogP contribution in [0.25, 0.3) is 0 Å². The fourth-order valence-corrected chi connectivity index (χ4v) is 4.81. The molecule has 19 heavy (non-hydrogen) atoms. The van der Waals surface area contributed by atoms with Crippen molar-refractivity contribution in [1.29, 1.82) is 0 Å². The highest BCUT2D eigenvalue weighted by Gasteiger charge is 2.42. The predicted molar refractivity (Wildman–Crippen MR) is 84.0 cm³/mol. The molecular formula is C15H30N2OS. The van der Waals surface area contributed by atoms with Crippen molar-refractivity contribution in [2.75, 3.05) is 45.3 Å². The fraction of sp³-hybridized carbons (Fsp3) is 1.00. The lowest BCUT2D eigenvalue weighted by Gasteiger charge is -2.41. The van der Waals surface area contributed by atoms with Crippen molar-refractivity contribution in [2.45, 2.75) is 44.2 Å². The van der Waals surface area contributed by atoms with E-state index in [4.69, 9.17) is 4.74 Å². The van der Waals surface area contributed by atoms with E-state index in [0.717, 1.165) is 19.1 Å². The van der Waals surface area contributed by atoms with Crippen LogP contribution in [0.1, 0.15) is 32.6 Å². The van der Waals surface area contributed by atoms with E-state index in [1.165, 1.54) is 43.7 Å². The van der Waals surface area contributed by atoms with E-state index in [1.54, 1.807) is 0 Å². The molecule has 4 heteroatoms. The van der Waals surface area contributed by atoms with Crippen molar-refractivity contribution in [2.24, 2.45) is 5.92 Å². The van der Waals surface area contributed by atoms with Gasteiger partial charge in [-0.05, 0) is 64.5 Å². The summed E-state index contributed by atoms with van der Waals surface area (Å²) >= 11 is 2.07. The molecule has 2 fully saturated rings. The van der Waals surface area contributed by atoms with E-state index in [1.807, 2.05) is 0 Å². The summed E-state index contributed by atoms with van der Waals surface area (Å²) in [5.41, 5.74) is 0.222. The SMILES string of the molecule is CCNC(CCN(C)C)C1CCOC2(CCSC2)C1. The molecule has 2 heterocycles. The first-order chi connectivity index (χ1) is 9.15. The van der Waals surface area contributed by atoms with E-state index >= 15 is 0 Å². The van der Waals surface area contributed by atoms with Gasteiger partial charge in [0.25, 0.3) is 0 Å². The first kappa shape index (κ1) is 15.6. The van der Waals surface area contributed by atoms with E-state index in [-0.39, 0.29) is 5.60 Å². The summed E-state index contributed by atoms with van der Waals surface area (Å²) in [5, 5.41) is 3.73.